The third-order valence-corrected chi connectivity index (χ3v) is 4.04. The van der Waals surface area contributed by atoms with Gasteiger partial charge in [-0.2, -0.15) is 38.5 Å². The molecule has 0 saturated carbocycles. The Morgan fingerprint density at radius 2 is 0.852 bits per heavy atom. The van der Waals surface area contributed by atoms with Crippen LogP contribution in [-0.4, -0.2) is 38.5 Å². The van der Waals surface area contributed by atoms with Gasteiger partial charge in [-0.25, -0.2) is 12.1 Å². The van der Waals surface area contributed by atoms with E-state index in [4.69, 9.17) is 17.2 Å². The number of nitrogens with one attached hydrogen (secondary N) is 3. The second-order valence-corrected chi connectivity index (χ2v) is 9.04. The van der Waals surface area contributed by atoms with E-state index in [1.54, 1.807) is 0 Å². The molecule has 0 fully saturated rings. The minimum atomic E-state index is -5.16. The molecule has 11 heteroatoms. The maximum atomic E-state index is 12.1. The van der Waals surface area contributed by atoms with Gasteiger partial charge in [-0.3, -0.25) is 0 Å². The van der Waals surface area contributed by atoms with Gasteiger partial charge in [0.25, 0.3) is 8.80 Å². The summed E-state index contributed by atoms with van der Waals surface area (Å²) in [5.74, 6) is -10.3. The summed E-state index contributed by atoms with van der Waals surface area (Å²) >= 11 is 0. The van der Waals surface area contributed by atoms with Gasteiger partial charge >= 0.3 is 37.8 Å². The first-order chi connectivity index (χ1) is 11.4. The third-order valence-electron chi connectivity index (χ3n) is 1.68. The van der Waals surface area contributed by atoms with Crippen LogP contribution < -0.4 is 5.19 Å². The van der Waals surface area contributed by atoms with Crippen molar-refractivity contribution >= 4 is 14.0 Å². The molecule has 3 nitrogen and oxygen atoms in total. The monoisotopic (exact) mass is 495 g/mol. The van der Waals surface area contributed by atoms with Crippen molar-refractivity contribution in [2.75, 3.05) is 0 Å². The van der Waals surface area contributed by atoms with Gasteiger partial charge in [-0.15, -0.1) is 23.3 Å². The normalized spacial score (nSPS) is 11.1. The van der Waals surface area contributed by atoms with E-state index in [1.165, 1.54) is 12.1 Å². The molecule has 0 atom stereocenters. The summed E-state index contributed by atoms with van der Waals surface area (Å²) in [6.07, 6.45) is 0. The molecule has 0 amide bonds. The van der Waals surface area contributed by atoms with Crippen molar-refractivity contribution in [3.05, 3.63) is 41.5 Å². The van der Waals surface area contributed by atoms with Crippen LogP contribution in [0, 0.1) is 0 Å². The molecule has 0 saturated heterocycles. The van der Waals surface area contributed by atoms with Gasteiger partial charge in [0, 0.05) is 0 Å². The first-order valence-corrected chi connectivity index (χ1v) is 9.64. The molecule has 0 heterocycles. The SMILES string of the molecule is CC(C)[NH-].CC(C)[NH-].CC(C)[NH-].FC(F)(F)[SiH]([c-]1cccc1)C(F)(F)F.[Zr+4]. The fourth-order valence-electron chi connectivity index (χ4n) is 1.14. The topological polar surface area (TPSA) is 71.4 Å². The van der Waals surface area contributed by atoms with Crippen LogP contribution in [0.15, 0.2) is 24.3 Å². The van der Waals surface area contributed by atoms with Crippen LogP contribution in [0.2, 0.25) is 0 Å². The molecule has 1 aromatic rings. The Bertz CT molecular complexity index is 384. The summed E-state index contributed by atoms with van der Waals surface area (Å²) in [7, 11) is -4.92. The van der Waals surface area contributed by atoms with Crippen LogP contribution in [0.5, 0.6) is 0 Å². The van der Waals surface area contributed by atoms with Crippen molar-refractivity contribution in [3.63, 3.8) is 0 Å². The van der Waals surface area contributed by atoms with Crippen molar-refractivity contribution in [1.29, 1.82) is 0 Å². The first-order valence-electron chi connectivity index (χ1n) is 7.91. The molecule has 3 N–H and O–H groups in total. The van der Waals surface area contributed by atoms with E-state index in [0.29, 0.717) is 0 Å². The van der Waals surface area contributed by atoms with Crippen molar-refractivity contribution in [2.45, 2.75) is 71.3 Å². The number of hydrogen-bond acceptors (Lipinski definition) is 0. The maximum Gasteiger partial charge on any atom is 4.00 e. The summed E-state index contributed by atoms with van der Waals surface area (Å²) in [6, 6.07) is 4.34. The smallest absolute Gasteiger partial charge is 0.675 e. The van der Waals surface area contributed by atoms with Gasteiger partial charge in [-0.05, 0) is 0 Å². The predicted octanol–water partition coefficient (Wildman–Crippen LogP) is 6.38. The van der Waals surface area contributed by atoms with Gasteiger partial charge in [0.15, 0.2) is 0 Å². The fraction of sp³-hybridized carbons (Fsp3) is 0.688. The molecule has 0 aliphatic rings. The molecule has 0 bridgehead atoms. The van der Waals surface area contributed by atoms with E-state index in [2.05, 4.69) is 0 Å². The summed E-state index contributed by atoms with van der Waals surface area (Å²) in [4.78, 5) is 0. The zero-order valence-corrected chi connectivity index (χ0v) is 20.0. The Kier molecular flexibility index (Phi) is 21.5. The van der Waals surface area contributed by atoms with Crippen LogP contribution in [0.1, 0.15) is 41.5 Å². The minimum absolute atomic E-state index is 0. The standard InChI is InChI=1S/C7H5F6Si.3C3H8N.Zr/c8-6(9,10)14(7(11,12)13)5-3-1-2-4-5;3*1-3(2)4;/h1-4,14H;3*3-4H,1-2H3;/q4*-1;+4. The van der Waals surface area contributed by atoms with E-state index in [0.717, 1.165) is 12.1 Å². The summed E-state index contributed by atoms with van der Waals surface area (Å²) in [5.41, 5.74) is 19.8. The molecule has 1 rings (SSSR count). The largest absolute Gasteiger partial charge is 4.00 e. The molecule has 1 aromatic carbocycles. The maximum absolute atomic E-state index is 12.1. The van der Waals surface area contributed by atoms with Crippen molar-refractivity contribution in [1.82, 2.24) is 0 Å². The fourth-order valence-corrected chi connectivity index (χ4v) is 2.88. The van der Waals surface area contributed by atoms with Crippen LogP contribution in [-0.2, 0) is 26.2 Å². The summed E-state index contributed by atoms with van der Waals surface area (Å²) in [6.45, 7) is 11.0. The zero-order valence-electron chi connectivity index (χ0n) is 16.4. The third kappa shape index (κ3) is 28.2. The van der Waals surface area contributed by atoms with Crippen molar-refractivity contribution in [3.8, 4) is 0 Å². The molecule has 0 spiro atoms. The average molecular weight is 497 g/mol. The second-order valence-electron chi connectivity index (χ2n) is 6.20. The summed E-state index contributed by atoms with van der Waals surface area (Å²) in [5, 5.41) is -0.634. The van der Waals surface area contributed by atoms with Crippen molar-refractivity contribution < 1.29 is 52.5 Å². The van der Waals surface area contributed by atoms with Crippen LogP contribution in [0.3, 0.4) is 0 Å². The van der Waals surface area contributed by atoms with Gasteiger partial charge in [0.2, 0.25) is 0 Å². The average Bonchev–Trinajstić information content (AvgIpc) is 2.74. The Balaban J connectivity index is -0.000000169. The molecular formula is C16H29F6N3SiZr. The first kappa shape index (κ1) is 34.4. The quantitative estimate of drug-likeness (QED) is 0.246. The Labute approximate surface area is 179 Å². The van der Waals surface area contributed by atoms with E-state index in [1.807, 2.05) is 41.5 Å². The summed E-state index contributed by atoms with van der Waals surface area (Å²) < 4.78 is 72.7. The predicted molar refractivity (Wildman–Crippen MR) is 99.3 cm³/mol. The van der Waals surface area contributed by atoms with Crippen LogP contribution in [0.4, 0.5) is 26.3 Å². The Morgan fingerprint density at radius 3 is 1.00 bits per heavy atom. The van der Waals surface area contributed by atoms with Gasteiger partial charge in [-0.1, -0.05) is 41.5 Å². The number of alkyl halides is 6. The molecular weight excluding hydrogens is 467 g/mol. The molecule has 0 unspecified atom stereocenters. The van der Waals surface area contributed by atoms with Crippen LogP contribution >= 0.6 is 0 Å². The minimum Gasteiger partial charge on any atom is -0.675 e. The molecule has 27 heavy (non-hydrogen) atoms. The van der Waals surface area contributed by atoms with E-state index >= 15 is 0 Å². The van der Waals surface area contributed by atoms with E-state index in [-0.39, 0.29) is 44.3 Å². The van der Waals surface area contributed by atoms with Gasteiger partial charge < -0.3 is 17.2 Å². The van der Waals surface area contributed by atoms with Gasteiger partial charge in [0.1, 0.15) is 0 Å². The number of rotatable bonds is 1. The molecule has 0 aliphatic carbocycles. The number of halogens is 6. The van der Waals surface area contributed by atoms with Crippen LogP contribution in [0.25, 0.3) is 17.2 Å². The number of hydrogen-bond donors (Lipinski definition) is 0. The second kappa shape index (κ2) is 16.8. The Hall–Kier alpha value is -0.0900. The van der Waals surface area contributed by atoms with Crippen molar-refractivity contribution in [2.24, 2.45) is 0 Å². The zero-order chi connectivity index (χ0) is 21.7. The molecule has 158 valence electrons. The van der Waals surface area contributed by atoms with E-state index in [9.17, 15) is 26.3 Å². The molecule has 0 aliphatic heterocycles. The molecule has 0 radical (unpaired) electrons. The van der Waals surface area contributed by atoms with E-state index < -0.39 is 25.6 Å². The Morgan fingerprint density at radius 1 is 0.667 bits per heavy atom. The van der Waals surface area contributed by atoms with Gasteiger partial charge in [0.05, 0.1) is 0 Å². The molecule has 0 aromatic heterocycles.